The average Bonchev–Trinajstić information content (AvgIpc) is 3.13. The largest absolute Gasteiger partial charge is 0.390 e. The van der Waals surface area contributed by atoms with Gasteiger partial charge in [-0.25, -0.2) is 0 Å². The van der Waals surface area contributed by atoms with Gasteiger partial charge in [-0.1, -0.05) is 26.2 Å². The van der Waals surface area contributed by atoms with Gasteiger partial charge < -0.3 is 14.9 Å². The van der Waals surface area contributed by atoms with Gasteiger partial charge in [0.2, 0.25) is 11.8 Å². The van der Waals surface area contributed by atoms with E-state index in [0.717, 1.165) is 44.9 Å². The second kappa shape index (κ2) is 5.95. The molecule has 1 saturated heterocycles. The first-order valence-corrected chi connectivity index (χ1v) is 11.2. The van der Waals surface area contributed by atoms with Crippen LogP contribution in [-0.4, -0.2) is 58.0 Å². The Hall–Kier alpha value is -1.10. The fourth-order valence-electron chi connectivity index (χ4n) is 8.02. The third kappa shape index (κ3) is 2.75. The molecule has 0 aromatic rings. The maximum absolute atomic E-state index is 13.7. The molecule has 5 nitrogen and oxygen atoms in total. The zero-order valence-corrected chi connectivity index (χ0v) is 16.7. The van der Waals surface area contributed by atoms with Gasteiger partial charge >= 0.3 is 0 Å². The van der Waals surface area contributed by atoms with Gasteiger partial charge in [-0.2, -0.15) is 0 Å². The quantitative estimate of drug-likeness (QED) is 0.826. The molecule has 4 atom stereocenters. The van der Waals surface area contributed by atoms with Crippen LogP contribution in [0.25, 0.3) is 0 Å². The molecule has 1 aliphatic heterocycles. The molecule has 5 saturated carbocycles. The molecule has 4 bridgehead atoms. The fourth-order valence-corrected chi connectivity index (χ4v) is 8.02. The Morgan fingerprint density at radius 1 is 1.11 bits per heavy atom. The zero-order chi connectivity index (χ0) is 18.9. The van der Waals surface area contributed by atoms with Gasteiger partial charge in [-0.15, -0.1) is 0 Å². The molecule has 6 fully saturated rings. The molecule has 0 spiro atoms. The standard InChI is InChI=1S/C22H34N2O3/c1-2-20-9-16-10-21(13-20,15-22(27,11-16)14-20)19(26)23-7-8-24(18(25)12-23)17-5-3-4-6-17/h16-17,27H,2-15H2,1H3. The minimum Gasteiger partial charge on any atom is -0.390 e. The summed E-state index contributed by atoms with van der Waals surface area (Å²) in [6.07, 6.45) is 11.1. The molecule has 6 aliphatic rings. The number of rotatable bonds is 3. The van der Waals surface area contributed by atoms with Crippen molar-refractivity contribution in [1.82, 2.24) is 9.80 Å². The van der Waals surface area contributed by atoms with E-state index in [4.69, 9.17) is 0 Å². The van der Waals surface area contributed by atoms with E-state index in [2.05, 4.69) is 6.92 Å². The normalized spacial score (nSPS) is 44.4. The monoisotopic (exact) mass is 374 g/mol. The van der Waals surface area contributed by atoms with E-state index in [1.54, 1.807) is 0 Å². The van der Waals surface area contributed by atoms with Crippen molar-refractivity contribution in [3.8, 4) is 0 Å². The summed E-state index contributed by atoms with van der Waals surface area (Å²) in [5.41, 5.74) is -0.930. The topological polar surface area (TPSA) is 60.9 Å². The summed E-state index contributed by atoms with van der Waals surface area (Å²) in [5, 5.41) is 11.2. The third-order valence-electron chi connectivity index (χ3n) is 8.67. The number of carbonyl (C=O) groups is 2. The van der Waals surface area contributed by atoms with Crippen molar-refractivity contribution in [2.24, 2.45) is 16.7 Å². The minimum absolute atomic E-state index is 0.134. The third-order valence-corrected chi connectivity index (χ3v) is 8.67. The highest BCUT2D eigenvalue weighted by molar-refractivity contribution is 5.89. The van der Waals surface area contributed by atoms with Crippen molar-refractivity contribution in [3.05, 3.63) is 0 Å². The predicted molar refractivity (Wildman–Crippen MR) is 102 cm³/mol. The van der Waals surface area contributed by atoms with E-state index in [1.807, 2.05) is 9.80 Å². The van der Waals surface area contributed by atoms with Crippen LogP contribution < -0.4 is 0 Å². The summed E-state index contributed by atoms with van der Waals surface area (Å²) in [4.78, 5) is 30.3. The maximum Gasteiger partial charge on any atom is 0.242 e. The molecular weight excluding hydrogens is 340 g/mol. The lowest BCUT2D eigenvalue weighted by molar-refractivity contribution is -0.210. The van der Waals surface area contributed by atoms with Gasteiger partial charge in [0.25, 0.3) is 0 Å². The Morgan fingerprint density at radius 2 is 1.89 bits per heavy atom. The first kappa shape index (κ1) is 18.0. The van der Waals surface area contributed by atoms with Crippen molar-refractivity contribution in [2.75, 3.05) is 19.6 Å². The second-order valence-corrected chi connectivity index (χ2v) is 10.6. The number of carbonyl (C=O) groups excluding carboxylic acids is 2. The van der Waals surface area contributed by atoms with Crippen LogP contribution in [0.4, 0.5) is 0 Å². The van der Waals surface area contributed by atoms with Crippen LogP contribution in [-0.2, 0) is 9.59 Å². The SMILES string of the molecule is CCC12CC3CC(O)(C1)CC(C(=O)N1CCN(C4CCCC4)C(=O)C1)(C3)C2. The Bertz CT molecular complexity index is 660. The number of hydrogen-bond acceptors (Lipinski definition) is 3. The number of aliphatic hydroxyl groups is 1. The summed E-state index contributed by atoms with van der Waals surface area (Å²) >= 11 is 0. The zero-order valence-electron chi connectivity index (χ0n) is 16.7. The van der Waals surface area contributed by atoms with Crippen LogP contribution in [0.15, 0.2) is 0 Å². The van der Waals surface area contributed by atoms with E-state index < -0.39 is 11.0 Å². The highest BCUT2D eigenvalue weighted by atomic mass is 16.3. The average molecular weight is 375 g/mol. The van der Waals surface area contributed by atoms with E-state index in [0.29, 0.717) is 31.5 Å². The van der Waals surface area contributed by atoms with Gasteiger partial charge in [0.1, 0.15) is 0 Å². The van der Waals surface area contributed by atoms with Crippen molar-refractivity contribution in [1.29, 1.82) is 0 Å². The summed E-state index contributed by atoms with van der Waals surface area (Å²) in [6.45, 7) is 3.83. The molecule has 1 heterocycles. The van der Waals surface area contributed by atoms with Gasteiger partial charge in [0.05, 0.1) is 17.6 Å². The van der Waals surface area contributed by atoms with Crippen LogP contribution in [0.3, 0.4) is 0 Å². The number of piperazine rings is 1. The molecule has 150 valence electrons. The molecule has 27 heavy (non-hydrogen) atoms. The number of amides is 2. The molecule has 2 amide bonds. The molecular formula is C22H34N2O3. The molecule has 5 heteroatoms. The van der Waals surface area contributed by atoms with Gasteiger partial charge in [-0.3, -0.25) is 9.59 Å². The molecule has 4 unspecified atom stereocenters. The van der Waals surface area contributed by atoms with Crippen molar-refractivity contribution in [2.45, 2.75) is 89.2 Å². The van der Waals surface area contributed by atoms with Crippen LogP contribution in [0, 0.1) is 16.7 Å². The van der Waals surface area contributed by atoms with E-state index in [9.17, 15) is 14.7 Å². The predicted octanol–water partition coefficient (Wildman–Crippen LogP) is 2.71. The lowest BCUT2D eigenvalue weighted by atomic mass is 9.42. The maximum atomic E-state index is 13.7. The first-order valence-electron chi connectivity index (χ1n) is 11.2. The summed E-state index contributed by atoms with van der Waals surface area (Å²) in [7, 11) is 0. The molecule has 0 aromatic heterocycles. The van der Waals surface area contributed by atoms with Crippen molar-refractivity contribution in [3.63, 3.8) is 0 Å². The van der Waals surface area contributed by atoms with E-state index in [-0.39, 0.29) is 23.8 Å². The highest BCUT2D eigenvalue weighted by Gasteiger charge is 2.65. The van der Waals surface area contributed by atoms with Crippen LogP contribution >= 0.6 is 0 Å². The Labute approximate surface area is 162 Å². The number of nitrogens with zero attached hydrogens (tertiary/aromatic N) is 2. The fraction of sp³-hybridized carbons (Fsp3) is 0.909. The first-order chi connectivity index (χ1) is 12.9. The minimum atomic E-state index is -0.652. The highest BCUT2D eigenvalue weighted by Crippen LogP contribution is 2.68. The molecule has 0 radical (unpaired) electrons. The van der Waals surface area contributed by atoms with Gasteiger partial charge in [-0.05, 0) is 62.7 Å². The molecule has 6 rings (SSSR count). The molecule has 5 aliphatic carbocycles. The summed E-state index contributed by atoms with van der Waals surface area (Å²) < 4.78 is 0. The van der Waals surface area contributed by atoms with Crippen LogP contribution in [0.5, 0.6) is 0 Å². The van der Waals surface area contributed by atoms with Crippen molar-refractivity contribution < 1.29 is 14.7 Å². The molecule has 0 aromatic carbocycles. The lowest BCUT2D eigenvalue weighted by Crippen LogP contribution is -2.66. The van der Waals surface area contributed by atoms with E-state index >= 15 is 0 Å². The lowest BCUT2D eigenvalue weighted by Gasteiger charge is -2.65. The Balaban J connectivity index is 1.34. The van der Waals surface area contributed by atoms with Crippen molar-refractivity contribution >= 4 is 11.8 Å². The number of hydrogen-bond donors (Lipinski definition) is 1. The summed E-state index contributed by atoms with van der Waals surface area (Å²) in [6, 6.07) is 0.401. The van der Waals surface area contributed by atoms with Gasteiger partial charge in [0.15, 0.2) is 0 Å². The van der Waals surface area contributed by atoms with Crippen LogP contribution in [0.2, 0.25) is 0 Å². The molecule has 1 N–H and O–H groups in total. The Morgan fingerprint density at radius 3 is 2.56 bits per heavy atom. The smallest absolute Gasteiger partial charge is 0.242 e. The summed E-state index contributed by atoms with van der Waals surface area (Å²) in [5.74, 6) is 0.781. The Kier molecular flexibility index (Phi) is 3.96. The second-order valence-electron chi connectivity index (χ2n) is 10.6. The van der Waals surface area contributed by atoms with Crippen LogP contribution in [0.1, 0.15) is 77.6 Å². The van der Waals surface area contributed by atoms with Gasteiger partial charge in [0, 0.05) is 19.1 Å². The van der Waals surface area contributed by atoms with E-state index in [1.165, 1.54) is 19.3 Å².